The van der Waals surface area contributed by atoms with E-state index in [0.717, 1.165) is 6.42 Å². The summed E-state index contributed by atoms with van der Waals surface area (Å²) in [6.45, 7) is 2.21. The van der Waals surface area contributed by atoms with Crippen LogP contribution in [0.3, 0.4) is 0 Å². The Bertz CT molecular complexity index is 274. The van der Waals surface area contributed by atoms with Crippen molar-refractivity contribution in [2.45, 2.75) is 20.0 Å². The number of aliphatic hydroxyl groups excluding tert-OH is 1. The minimum atomic E-state index is -0.417. The van der Waals surface area contributed by atoms with E-state index in [1.807, 2.05) is 6.92 Å². The normalized spacial score (nSPS) is 10.1. The molecule has 0 saturated heterocycles. The van der Waals surface area contributed by atoms with Crippen LogP contribution in [0.1, 0.15) is 18.9 Å². The summed E-state index contributed by atoms with van der Waals surface area (Å²) in [4.78, 5) is 0. The van der Waals surface area contributed by atoms with E-state index < -0.39 is 5.82 Å². The lowest BCUT2D eigenvalue weighted by Crippen LogP contribution is -2.01. The molecular weight excluding hydrogens is 171 g/mol. The smallest absolute Gasteiger partial charge is 0.165 e. The standard InChI is InChI=1S/C10H13FO2/c1-2-6-13-10-8(7-12)4-3-5-9(10)11/h3-5,12H,2,6-7H2,1H3. The molecule has 0 amide bonds. The second-order valence-electron chi connectivity index (χ2n) is 2.73. The van der Waals surface area contributed by atoms with Crippen molar-refractivity contribution in [1.29, 1.82) is 0 Å². The number of aliphatic hydroxyl groups is 1. The van der Waals surface area contributed by atoms with E-state index in [4.69, 9.17) is 9.84 Å². The lowest BCUT2D eigenvalue weighted by molar-refractivity contribution is 0.256. The zero-order chi connectivity index (χ0) is 9.68. The van der Waals surface area contributed by atoms with Crippen LogP contribution in [0.15, 0.2) is 18.2 Å². The van der Waals surface area contributed by atoms with E-state index >= 15 is 0 Å². The van der Waals surface area contributed by atoms with Crippen molar-refractivity contribution in [3.8, 4) is 5.75 Å². The molecule has 0 aromatic heterocycles. The van der Waals surface area contributed by atoms with E-state index in [1.54, 1.807) is 12.1 Å². The van der Waals surface area contributed by atoms with Crippen LogP contribution in [0.2, 0.25) is 0 Å². The van der Waals surface area contributed by atoms with E-state index in [9.17, 15) is 4.39 Å². The molecule has 0 bridgehead atoms. The maximum atomic E-state index is 13.1. The minimum absolute atomic E-state index is 0.173. The van der Waals surface area contributed by atoms with Gasteiger partial charge in [0.05, 0.1) is 13.2 Å². The zero-order valence-corrected chi connectivity index (χ0v) is 7.59. The minimum Gasteiger partial charge on any atom is -0.490 e. The number of ether oxygens (including phenoxy) is 1. The summed E-state index contributed by atoms with van der Waals surface area (Å²) >= 11 is 0. The Morgan fingerprint density at radius 2 is 2.23 bits per heavy atom. The molecule has 0 aliphatic rings. The highest BCUT2D eigenvalue weighted by Gasteiger charge is 2.07. The molecule has 3 heteroatoms. The molecule has 1 aromatic carbocycles. The van der Waals surface area contributed by atoms with Gasteiger partial charge in [0.1, 0.15) is 0 Å². The van der Waals surface area contributed by atoms with Crippen molar-refractivity contribution in [3.05, 3.63) is 29.6 Å². The predicted molar refractivity (Wildman–Crippen MR) is 48.1 cm³/mol. The molecule has 0 radical (unpaired) electrons. The fraction of sp³-hybridized carbons (Fsp3) is 0.400. The molecule has 0 saturated carbocycles. The number of hydrogen-bond donors (Lipinski definition) is 1. The molecule has 0 atom stereocenters. The van der Waals surface area contributed by atoms with Crippen LogP contribution in [-0.2, 0) is 6.61 Å². The summed E-state index contributed by atoms with van der Waals surface area (Å²) in [7, 11) is 0. The first-order valence-corrected chi connectivity index (χ1v) is 4.30. The molecule has 1 rings (SSSR count). The van der Waals surface area contributed by atoms with Crippen LogP contribution in [0, 0.1) is 5.82 Å². The first kappa shape index (κ1) is 9.99. The Labute approximate surface area is 77.0 Å². The number of rotatable bonds is 4. The monoisotopic (exact) mass is 184 g/mol. The van der Waals surface area contributed by atoms with Gasteiger partial charge >= 0.3 is 0 Å². The topological polar surface area (TPSA) is 29.5 Å². The van der Waals surface area contributed by atoms with Gasteiger partial charge < -0.3 is 9.84 Å². The van der Waals surface area contributed by atoms with Crippen molar-refractivity contribution < 1.29 is 14.2 Å². The van der Waals surface area contributed by atoms with E-state index in [0.29, 0.717) is 12.2 Å². The maximum Gasteiger partial charge on any atom is 0.165 e. The van der Waals surface area contributed by atoms with Gasteiger partial charge in [-0.1, -0.05) is 19.1 Å². The van der Waals surface area contributed by atoms with Gasteiger partial charge in [-0.25, -0.2) is 4.39 Å². The van der Waals surface area contributed by atoms with Crippen LogP contribution in [0.25, 0.3) is 0 Å². The van der Waals surface area contributed by atoms with Crippen molar-refractivity contribution >= 4 is 0 Å². The second-order valence-corrected chi connectivity index (χ2v) is 2.73. The van der Waals surface area contributed by atoms with Crippen molar-refractivity contribution in [2.75, 3.05) is 6.61 Å². The quantitative estimate of drug-likeness (QED) is 0.776. The summed E-state index contributed by atoms with van der Waals surface area (Å²) in [5, 5.41) is 8.90. The first-order chi connectivity index (χ1) is 6.29. The Kier molecular flexibility index (Phi) is 3.71. The average Bonchev–Trinajstić information content (AvgIpc) is 2.15. The SMILES string of the molecule is CCCOc1c(F)cccc1CO. The Balaban J connectivity index is 2.87. The Morgan fingerprint density at radius 3 is 2.85 bits per heavy atom. The third-order valence-electron chi connectivity index (χ3n) is 1.67. The van der Waals surface area contributed by atoms with Crippen LogP contribution in [0.4, 0.5) is 4.39 Å². The van der Waals surface area contributed by atoms with Gasteiger partial charge in [-0.15, -0.1) is 0 Å². The van der Waals surface area contributed by atoms with E-state index in [-0.39, 0.29) is 12.4 Å². The summed E-state index contributed by atoms with van der Waals surface area (Å²) in [5.74, 6) is -0.244. The first-order valence-electron chi connectivity index (χ1n) is 4.30. The van der Waals surface area contributed by atoms with Gasteiger partial charge in [-0.3, -0.25) is 0 Å². The number of halogens is 1. The molecular formula is C10H13FO2. The van der Waals surface area contributed by atoms with E-state index in [1.165, 1.54) is 6.07 Å². The average molecular weight is 184 g/mol. The zero-order valence-electron chi connectivity index (χ0n) is 7.59. The lowest BCUT2D eigenvalue weighted by atomic mass is 10.2. The molecule has 0 aliphatic heterocycles. The third kappa shape index (κ3) is 2.42. The fourth-order valence-corrected chi connectivity index (χ4v) is 1.04. The van der Waals surface area contributed by atoms with Crippen LogP contribution in [0.5, 0.6) is 5.75 Å². The molecule has 72 valence electrons. The van der Waals surface area contributed by atoms with Gasteiger partial charge in [0.15, 0.2) is 11.6 Å². The Hall–Kier alpha value is -1.09. The highest BCUT2D eigenvalue weighted by Crippen LogP contribution is 2.22. The van der Waals surface area contributed by atoms with Crippen molar-refractivity contribution in [3.63, 3.8) is 0 Å². The summed E-state index contributed by atoms with van der Waals surface area (Å²) in [6.07, 6.45) is 0.819. The van der Waals surface area contributed by atoms with Crippen molar-refractivity contribution in [2.24, 2.45) is 0 Å². The molecule has 13 heavy (non-hydrogen) atoms. The molecule has 1 N–H and O–H groups in total. The molecule has 0 unspecified atom stereocenters. The van der Waals surface area contributed by atoms with E-state index in [2.05, 4.69) is 0 Å². The largest absolute Gasteiger partial charge is 0.490 e. The van der Waals surface area contributed by atoms with Crippen LogP contribution >= 0.6 is 0 Å². The number of hydrogen-bond acceptors (Lipinski definition) is 2. The molecule has 0 heterocycles. The van der Waals surface area contributed by atoms with Crippen LogP contribution in [-0.4, -0.2) is 11.7 Å². The highest BCUT2D eigenvalue weighted by atomic mass is 19.1. The summed E-state index contributed by atoms with van der Waals surface area (Å²) in [6, 6.07) is 4.53. The molecule has 2 nitrogen and oxygen atoms in total. The van der Waals surface area contributed by atoms with Crippen LogP contribution < -0.4 is 4.74 Å². The lowest BCUT2D eigenvalue weighted by Gasteiger charge is -2.09. The maximum absolute atomic E-state index is 13.1. The number of para-hydroxylation sites is 1. The molecule has 0 spiro atoms. The van der Waals surface area contributed by atoms with Gasteiger partial charge in [0.2, 0.25) is 0 Å². The third-order valence-corrected chi connectivity index (χ3v) is 1.67. The molecule has 1 aromatic rings. The second kappa shape index (κ2) is 4.82. The number of benzene rings is 1. The van der Waals surface area contributed by atoms with Gasteiger partial charge in [0, 0.05) is 5.56 Å². The molecule has 0 aliphatic carbocycles. The highest BCUT2D eigenvalue weighted by molar-refractivity contribution is 5.34. The summed E-state index contributed by atoms with van der Waals surface area (Å²) < 4.78 is 18.3. The van der Waals surface area contributed by atoms with Gasteiger partial charge in [-0.05, 0) is 12.5 Å². The predicted octanol–water partition coefficient (Wildman–Crippen LogP) is 2.11. The molecule has 0 fully saturated rings. The Morgan fingerprint density at radius 1 is 1.46 bits per heavy atom. The summed E-state index contributed by atoms with van der Waals surface area (Å²) in [5.41, 5.74) is 0.494. The van der Waals surface area contributed by atoms with Gasteiger partial charge in [0.25, 0.3) is 0 Å². The van der Waals surface area contributed by atoms with Crippen molar-refractivity contribution in [1.82, 2.24) is 0 Å². The fourth-order valence-electron chi connectivity index (χ4n) is 1.04. The van der Waals surface area contributed by atoms with Gasteiger partial charge in [-0.2, -0.15) is 0 Å².